The zero-order valence-corrected chi connectivity index (χ0v) is 26.9. The van der Waals surface area contributed by atoms with Crippen LogP contribution in [0.3, 0.4) is 0 Å². The van der Waals surface area contributed by atoms with E-state index in [2.05, 4.69) is 64.9 Å². The maximum absolute atomic E-state index is 11.5. The molecular weight excluding hydrogens is 560 g/mol. The minimum atomic E-state index is -0.370. The number of ether oxygens (including phenoxy) is 1. The molecule has 45 heavy (non-hydrogen) atoms. The molecule has 4 aromatic rings. The number of primary amides is 1. The molecule has 3 heterocycles. The van der Waals surface area contributed by atoms with E-state index in [0.29, 0.717) is 29.0 Å². The second kappa shape index (κ2) is 12.2. The Balaban J connectivity index is 1.06. The molecule has 7 nitrogen and oxygen atoms in total. The van der Waals surface area contributed by atoms with Gasteiger partial charge in [0.25, 0.3) is 0 Å². The van der Waals surface area contributed by atoms with Crippen LogP contribution in [-0.4, -0.2) is 61.6 Å². The average molecular weight is 607 g/mol. The molecule has 0 radical (unpaired) electrons. The molecule has 1 aliphatic carbocycles. The number of rotatable bonds is 8. The van der Waals surface area contributed by atoms with Crippen LogP contribution in [0.25, 0.3) is 11.0 Å². The largest absolute Gasteiger partial charge is 0.493 e. The third-order valence-electron chi connectivity index (χ3n) is 10.8. The van der Waals surface area contributed by atoms with Gasteiger partial charge in [0, 0.05) is 68.0 Å². The Morgan fingerprint density at radius 2 is 1.76 bits per heavy atom. The van der Waals surface area contributed by atoms with E-state index < -0.39 is 0 Å². The first-order chi connectivity index (χ1) is 21.8. The van der Waals surface area contributed by atoms with Crippen molar-refractivity contribution in [3.8, 4) is 5.75 Å². The van der Waals surface area contributed by atoms with Gasteiger partial charge in [-0.1, -0.05) is 38.1 Å². The molecule has 1 atom stereocenters. The van der Waals surface area contributed by atoms with E-state index in [0.717, 1.165) is 56.0 Å². The number of amides is 1. The summed E-state index contributed by atoms with van der Waals surface area (Å²) in [6, 6.07) is 24.3. The second-order valence-electron chi connectivity index (χ2n) is 13.9. The first-order valence-electron chi connectivity index (χ1n) is 16.6. The Morgan fingerprint density at radius 3 is 2.47 bits per heavy atom. The predicted octanol–water partition coefficient (Wildman–Crippen LogP) is 6.97. The van der Waals surface area contributed by atoms with Crippen LogP contribution >= 0.6 is 0 Å². The molecule has 1 spiro atoms. The van der Waals surface area contributed by atoms with Crippen LogP contribution in [-0.2, 0) is 6.54 Å². The Hall–Kier alpha value is -3.81. The zero-order chi connectivity index (χ0) is 31.1. The van der Waals surface area contributed by atoms with Crippen molar-refractivity contribution in [3.63, 3.8) is 0 Å². The van der Waals surface area contributed by atoms with E-state index in [1.54, 1.807) is 13.4 Å². The van der Waals surface area contributed by atoms with Crippen molar-refractivity contribution in [2.24, 2.45) is 11.1 Å². The molecule has 1 saturated carbocycles. The fourth-order valence-corrected chi connectivity index (χ4v) is 8.32. The van der Waals surface area contributed by atoms with Gasteiger partial charge in [0.1, 0.15) is 0 Å². The predicted molar refractivity (Wildman–Crippen MR) is 180 cm³/mol. The first kappa shape index (κ1) is 29.9. The van der Waals surface area contributed by atoms with Crippen molar-refractivity contribution < 1.29 is 13.9 Å². The summed E-state index contributed by atoms with van der Waals surface area (Å²) in [7, 11) is 1.72. The van der Waals surface area contributed by atoms with Crippen LogP contribution in [0.15, 0.2) is 77.4 Å². The van der Waals surface area contributed by atoms with E-state index in [9.17, 15) is 4.79 Å². The number of nitrogens with two attached hydrogens (primary N) is 1. The third kappa shape index (κ3) is 5.84. The van der Waals surface area contributed by atoms with Crippen molar-refractivity contribution in [3.05, 3.63) is 95.2 Å². The number of piperazine rings is 1. The molecule has 0 unspecified atom stereocenters. The van der Waals surface area contributed by atoms with Crippen LogP contribution in [0.2, 0.25) is 0 Å². The van der Waals surface area contributed by atoms with Crippen molar-refractivity contribution in [2.45, 2.75) is 64.1 Å². The number of piperidine rings is 1. The lowest BCUT2D eigenvalue weighted by atomic mass is 9.59. The number of anilines is 1. The van der Waals surface area contributed by atoms with Gasteiger partial charge in [-0.25, -0.2) is 0 Å². The molecule has 2 saturated heterocycles. The lowest BCUT2D eigenvalue weighted by Gasteiger charge is -2.58. The lowest BCUT2D eigenvalue weighted by molar-refractivity contribution is -0.0628. The quantitative estimate of drug-likeness (QED) is 0.234. The summed E-state index contributed by atoms with van der Waals surface area (Å²) in [5.74, 6) is 0.924. The molecule has 2 N–H and O–H groups in total. The molecule has 3 aliphatic rings. The summed E-state index contributed by atoms with van der Waals surface area (Å²) in [6.07, 6.45) is 6.78. The monoisotopic (exact) mass is 606 g/mol. The number of carbonyl (C=O) groups is 1. The number of nitrogens with zero attached hydrogens (tertiary/aromatic N) is 3. The van der Waals surface area contributed by atoms with Gasteiger partial charge in [-0.2, -0.15) is 0 Å². The molecule has 3 fully saturated rings. The number of benzene rings is 3. The molecule has 7 rings (SSSR count). The first-order valence-corrected chi connectivity index (χ1v) is 16.6. The molecule has 7 heteroatoms. The van der Waals surface area contributed by atoms with Gasteiger partial charge in [0.05, 0.1) is 13.4 Å². The van der Waals surface area contributed by atoms with Crippen LogP contribution < -0.4 is 15.4 Å². The fraction of sp³-hybridized carbons (Fsp3) is 0.447. The van der Waals surface area contributed by atoms with Gasteiger partial charge < -0.3 is 19.8 Å². The van der Waals surface area contributed by atoms with Gasteiger partial charge in [-0.05, 0) is 96.2 Å². The SMILES string of the molecule is COc1cc(CN2CCN(C3CC4(CCN(c5ccc(C(N)=O)cc5)CC4)C3)[C@H](c3ccccc3C(C)C)C2)cc2ccoc12. The summed E-state index contributed by atoms with van der Waals surface area (Å²) < 4.78 is 11.4. The number of fused-ring (bicyclic) bond motifs is 1. The van der Waals surface area contributed by atoms with Gasteiger partial charge in [0.2, 0.25) is 5.91 Å². The van der Waals surface area contributed by atoms with Crippen molar-refractivity contribution >= 4 is 22.6 Å². The molecule has 3 aromatic carbocycles. The smallest absolute Gasteiger partial charge is 0.248 e. The van der Waals surface area contributed by atoms with Crippen LogP contribution in [0.5, 0.6) is 5.75 Å². The number of carbonyl (C=O) groups excluding carboxylic acids is 1. The number of hydrogen-bond acceptors (Lipinski definition) is 6. The molecule has 0 bridgehead atoms. The summed E-state index contributed by atoms with van der Waals surface area (Å²) in [6.45, 7) is 10.9. The normalized spacial score (nSPS) is 21.0. The summed E-state index contributed by atoms with van der Waals surface area (Å²) in [5, 5.41) is 1.10. The maximum Gasteiger partial charge on any atom is 0.248 e. The number of furan rings is 1. The van der Waals surface area contributed by atoms with Crippen molar-refractivity contribution in [2.75, 3.05) is 44.7 Å². The minimum absolute atomic E-state index is 0.370. The van der Waals surface area contributed by atoms with Crippen molar-refractivity contribution in [1.82, 2.24) is 9.80 Å². The Morgan fingerprint density at radius 1 is 1.00 bits per heavy atom. The molecule has 236 valence electrons. The van der Waals surface area contributed by atoms with Crippen LogP contribution in [0, 0.1) is 5.41 Å². The highest BCUT2D eigenvalue weighted by Gasteiger charge is 2.50. The van der Waals surface area contributed by atoms with E-state index >= 15 is 0 Å². The fourth-order valence-electron chi connectivity index (χ4n) is 8.32. The highest BCUT2D eigenvalue weighted by Crippen LogP contribution is 2.53. The van der Waals surface area contributed by atoms with Gasteiger partial charge in [0.15, 0.2) is 11.3 Å². The Labute approximate surface area is 266 Å². The third-order valence-corrected chi connectivity index (χ3v) is 10.8. The topological polar surface area (TPSA) is 75.2 Å². The second-order valence-corrected chi connectivity index (χ2v) is 13.9. The zero-order valence-electron chi connectivity index (χ0n) is 26.9. The van der Waals surface area contributed by atoms with E-state index in [1.807, 2.05) is 30.3 Å². The summed E-state index contributed by atoms with van der Waals surface area (Å²) in [4.78, 5) is 19.5. The molecule has 2 aliphatic heterocycles. The summed E-state index contributed by atoms with van der Waals surface area (Å²) >= 11 is 0. The highest BCUT2D eigenvalue weighted by molar-refractivity contribution is 5.93. The van der Waals surface area contributed by atoms with E-state index in [-0.39, 0.29) is 5.91 Å². The van der Waals surface area contributed by atoms with Crippen molar-refractivity contribution in [1.29, 1.82) is 0 Å². The Kier molecular flexibility index (Phi) is 8.09. The van der Waals surface area contributed by atoms with Gasteiger partial charge in [-0.15, -0.1) is 0 Å². The van der Waals surface area contributed by atoms with Crippen LogP contribution in [0.1, 0.15) is 78.5 Å². The van der Waals surface area contributed by atoms with E-state index in [4.69, 9.17) is 14.9 Å². The molecule has 1 aromatic heterocycles. The number of methoxy groups -OCH3 is 1. The number of hydrogen-bond donors (Lipinski definition) is 1. The summed E-state index contributed by atoms with van der Waals surface area (Å²) in [5.41, 5.74) is 12.7. The molecule has 1 amide bonds. The van der Waals surface area contributed by atoms with Gasteiger partial charge >= 0.3 is 0 Å². The van der Waals surface area contributed by atoms with E-state index in [1.165, 1.54) is 48.1 Å². The average Bonchev–Trinajstić information content (AvgIpc) is 3.52. The van der Waals surface area contributed by atoms with Crippen LogP contribution in [0.4, 0.5) is 5.69 Å². The maximum atomic E-state index is 11.5. The molecular formula is C38H46N4O3. The standard InChI is InChI=1S/C38H46N4O3/c1-26(2)32-6-4-5-7-33(32)34-25-40(24-27-20-29-12-19-45-36(29)35(21-27)44-3)17-18-42(34)31-22-38(23-31)13-15-41(16-14-38)30-10-8-28(9-11-30)37(39)43/h4-12,19-21,26,31,34H,13-18,22-25H2,1-3H3,(H2,39,43)/t34-/m0/s1. The lowest BCUT2D eigenvalue weighted by Crippen LogP contribution is -2.60. The van der Waals surface area contributed by atoms with Gasteiger partial charge in [-0.3, -0.25) is 14.6 Å². The highest BCUT2D eigenvalue weighted by atomic mass is 16.5. The minimum Gasteiger partial charge on any atom is -0.493 e. The Bertz CT molecular complexity index is 1650.